The molecule has 1 heterocycles. The summed E-state index contributed by atoms with van der Waals surface area (Å²) in [6.45, 7) is 6.47. The molecule has 0 radical (unpaired) electrons. The Labute approximate surface area is 151 Å². The molecule has 132 valence electrons. The molecule has 0 aliphatic heterocycles. The van der Waals surface area contributed by atoms with Crippen LogP contribution in [0.2, 0.25) is 0 Å². The number of hydrazine groups is 1. The van der Waals surface area contributed by atoms with Crippen LogP contribution in [0.3, 0.4) is 0 Å². The van der Waals surface area contributed by atoms with Crippen molar-refractivity contribution in [1.29, 1.82) is 0 Å². The lowest BCUT2D eigenvalue weighted by atomic mass is 10.1. The summed E-state index contributed by atoms with van der Waals surface area (Å²) < 4.78 is 5.40. The molecule has 0 saturated carbocycles. The van der Waals surface area contributed by atoms with E-state index in [2.05, 4.69) is 27.6 Å². The van der Waals surface area contributed by atoms with Gasteiger partial charge in [0.05, 0.1) is 18.0 Å². The van der Waals surface area contributed by atoms with Crippen LogP contribution in [0.1, 0.15) is 23.0 Å². The van der Waals surface area contributed by atoms with Crippen molar-refractivity contribution in [3.63, 3.8) is 0 Å². The number of rotatable bonds is 7. The lowest BCUT2D eigenvalue weighted by molar-refractivity contribution is 0.0937. The van der Waals surface area contributed by atoms with Gasteiger partial charge in [0, 0.05) is 5.56 Å². The predicted molar refractivity (Wildman–Crippen MR) is 101 cm³/mol. The summed E-state index contributed by atoms with van der Waals surface area (Å²) in [6.07, 6.45) is 0. The number of hydrogen-bond donors (Lipinski definition) is 3. The van der Waals surface area contributed by atoms with Gasteiger partial charge in [-0.05, 0) is 42.8 Å². The van der Waals surface area contributed by atoms with Crippen molar-refractivity contribution in [2.75, 3.05) is 6.61 Å². The molecule has 2 aromatic carbocycles. The third-order valence-electron chi connectivity index (χ3n) is 3.73. The smallest absolute Gasteiger partial charge is 0.287 e. The maximum absolute atomic E-state index is 12.3. The molecule has 3 aromatic rings. The standard InChI is InChI=1S/C20H20N4O2/c1-3-26-17-11-9-15(10-12-17)14(2)21-24-20(25)19-13-18(22-23-19)16-7-5-4-6-8-16/h4-13,21H,2-3H2,1H3,(H,22,23)(H,24,25). The van der Waals surface area contributed by atoms with E-state index in [0.717, 1.165) is 16.9 Å². The highest BCUT2D eigenvalue weighted by molar-refractivity contribution is 5.93. The highest BCUT2D eigenvalue weighted by Crippen LogP contribution is 2.17. The second kappa shape index (κ2) is 8.02. The van der Waals surface area contributed by atoms with E-state index >= 15 is 0 Å². The lowest BCUT2D eigenvalue weighted by Gasteiger charge is -2.11. The van der Waals surface area contributed by atoms with Gasteiger partial charge in [0.2, 0.25) is 0 Å². The maximum Gasteiger partial charge on any atom is 0.287 e. The van der Waals surface area contributed by atoms with Crippen molar-refractivity contribution >= 4 is 11.6 Å². The minimum atomic E-state index is -0.327. The summed E-state index contributed by atoms with van der Waals surface area (Å²) in [4.78, 5) is 12.3. The van der Waals surface area contributed by atoms with Crippen molar-refractivity contribution in [1.82, 2.24) is 21.0 Å². The number of amides is 1. The third-order valence-corrected chi connectivity index (χ3v) is 3.73. The Balaban J connectivity index is 1.58. The zero-order valence-corrected chi connectivity index (χ0v) is 14.5. The van der Waals surface area contributed by atoms with Crippen LogP contribution < -0.4 is 15.6 Å². The summed E-state index contributed by atoms with van der Waals surface area (Å²) in [5.41, 5.74) is 8.86. The van der Waals surface area contributed by atoms with Crippen LogP contribution in [-0.2, 0) is 0 Å². The number of hydrogen-bond acceptors (Lipinski definition) is 4. The van der Waals surface area contributed by atoms with Crippen LogP contribution in [0.5, 0.6) is 5.75 Å². The lowest BCUT2D eigenvalue weighted by Crippen LogP contribution is -2.36. The molecule has 0 spiro atoms. The number of nitrogens with one attached hydrogen (secondary N) is 3. The minimum absolute atomic E-state index is 0.327. The van der Waals surface area contributed by atoms with Crippen molar-refractivity contribution in [2.24, 2.45) is 0 Å². The molecule has 26 heavy (non-hydrogen) atoms. The Kier molecular flexibility index (Phi) is 5.34. The van der Waals surface area contributed by atoms with Crippen LogP contribution in [-0.4, -0.2) is 22.7 Å². The molecule has 1 aromatic heterocycles. The van der Waals surface area contributed by atoms with E-state index < -0.39 is 0 Å². The summed E-state index contributed by atoms with van der Waals surface area (Å²) in [7, 11) is 0. The average molecular weight is 348 g/mol. The van der Waals surface area contributed by atoms with E-state index in [-0.39, 0.29) is 5.91 Å². The number of aromatic amines is 1. The van der Waals surface area contributed by atoms with Crippen LogP contribution in [0.4, 0.5) is 0 Å². The van der Waals surface area contributed by atoms with Gasteiger partial charge in [-0.1, -0.05) is 36.9 Å². The van der Waals surface area contributed by atoms with Gasteiger partial charge >= 0.3 is 0 Å². The molecular formula is C20H20N4O2. The first kappa shape index (κ1) is 17.3. The SMILES string of the molecule is C=C(NNC(=O)c1cc(-c2ccccc2)n[nH]1)c1ccc(OCC)cc1. The third kappa shape index (κ3) is 4.10. The topological polar surface area (TPSA) is 79.0 Å². The van der Waals surface area contributed by atoms with Gasteiger partial charge in [0.15, 0.2) is 0 Å². The van der Waals surface area contributed by atoms with Crippen molar-refractivity contribution in [2.45, 2.75) is 6.92 Å². The Morgan fingerprint density at radius 2 is 1.85 bits per heavy atom. The van der Waals surface area contributed by atoms with E-state index in [1.54, 1.807) is 6.07 Å². The van der Waals surface area contributed by atoms with Crippen molar-refractivity contribution in [3.05, 3.63) is 78.5 Å². The summed E-state index contributed by atoms with van der Waals surface area (Å²) in [5, 5.41) is 6.91. The molecule has 0 atom stereocenters. The molecule has 0 fully saturated rings. The monoisotopic (exact) mass is 348 g/mol. The zero-order chi connectivity index (χ0) is 18.4. The van der Waals surface area contributed by atoms with E-state index in [4.69, 9.17) is 4.74 Å². The van der Waals surface area contributed by atoms with Gasteiger partial charge in [0.1, 0.15) is 11.4 Å². The fraction of sp³-hybridized carbons (Fsp3) is 0.100. The van der Waals surface area contributed by atoms with Gasteiger partial charge in [-0.3, -0.25) is 20.7 Å². The van der Waals surface area contributed by atoms with Gasteiger partial charge < -0.3 is 4.74 Å². The number of carbonyl (C=O) groups is 1. The molecule has 0 bridgehead atoms. The fourth-order valence-corrected chi connectivity index (χ4v) is 2.39. The zero-order valence-electron chi connectivity index (χ0n) is 14.5. The van der Waals surface area contributed by atoms with E-state index in [9.17, 15) is 4.79 Å². The number of H-pyrrole nitrogens is 1. The van der Waals surface area contributed by atoms with E-state index in [1.165, 1.54) is 0 Å². The molecule has 0 saturated heterocycles. The quantitative estimate of drug-likeness (QED) is 0.572. The minimum Gasteiger partial charge on any atom is -0.494 e. The second-order valence-corrected chi connectivity index (χ2v) is 5.55. The first-order chi connectivity index (χ1) is 12.7. The molecule has 6 nitrogen and oxygen atoms in total. The molecule has 3 rings (SSSR count). The predicted octanol–water partition coefficient (Wildman–Crippen LogP) is 3.38. The molecular weight excluding hydrogens is 328 g/mol. The Bertz CT molecular complexity index is 886. The van der Waals surface area contributed by atoms with Gasteiger partial charge in [-0.25, -0.2) is 0 Å². The molecule has 0 aliphatic carbocycles. The number of carbonyl (C=O) groups excluding carboxylic acids is 1. The summed E-state index contributed by atoms with van der Waals surface area (Å²) >= 11 is 0. The van der Waals surface area contributed by atoms with Crippen molar-refractivity contribution in [3.8, 4) is 17.0 Å². The first-order valence-corrected chi connectivity index (χ1v) is 8.26. The van der Waals surface area contributed by atoms with Crippen LogP contribution in [0.25, 0.3) is 17.0 Å². The van der Waals surface area contributed by atoms with E-state index in [0.29, 0.717) is 23.7 Å². The second-order valence-electron chi connectivity index (χ2n) is 5.55. The molecule has 0 aliphatic rings. The molecule has 0 unspecified atom stereocenters. The Hall–Kier alpha value is -3.54. The summed E-state index contributed by atoms with van der Waals surface area (Å²) in [6, 6.07) is 18.8. The Morgan fingerprint density at radius 3 is 2.54 bits per heavy atom. The Morgan fingerprint density at radius 1 is 1.12 bits per heavy atom. The number of nitrogens with zero attached hydrogens (tertiary/aromatic N) is 1. The fourth-order valence-electron chi connectivity index (χ4n) is 2.39. The first-order valence-electron chi connectivity index (χ1n) is 8.26. The van der Waals surface area contributed by atoms with Gasteiger partial charge in [-0.2, -0.15) is 5.10 Å². The highest BCUT2D eigenvalue weighted by Gasteiger charge is 2.11. The number of aromatic nitrogens is 2. The largest absolute Gasteiger partial charge is 0.494 e. The van der Waals surface area contributed by atoms with Gasteiger partial charge in [0.25, 0.3) is 5.91 Å². The maximum atomic E-state index is 12.3. The van der Waals surface area contributed by atoms with Crippen LogP contribution >= 0.6 is 0 Å². The number of ether oxygens (including phenoxy) is 1. The average Bonchev–Trinajstić information content (AvgIpc) is 3.18. The molecule has 3 N–H and O–H groups in total. The van der Waals surface area contributed by atoms with Crippen LogP contribution in [0, 0.1) is 0 Å². The number of benzene rings is 2. The summed E-state index contributed by atoms with van der Waals surface area (Å²) in [5.74, 6) is 0.464. The van der Waals surface area contributed by atoms with Crippen LogP contribution in [0.15, 0.2) is 67.2 Å². The van der Waals surface area contributed by atoms with Crippen molar-refractivity contribution < 1.29 is 9.53 Å². The normalized spacial score (nSPS) is 10.2. The molecule has 6 heteroatoms. The highest BCUT2D eigenvalue weighted by atomic mass is 16.5. The van der Waals surface area contributed by atoms with Gasteiger partial charge in [-0.15, -0.1) is 0 Å². The molecule has 1 amide bonds. The van der Waals surface area contributed by atoms with E-state index in [1.807, 2.05) is 61.5 Å².